The molecule has 0 radical (unpaired) electrons. The second-order valence-corrected chi connectivity index (χ2v) is 5.17. The van der Waals surface area contributed by atoms with Gasteiger partial charge in [0.15, 0.2) is 0 Å². The summed E-state index contributed by atoms with van der Waals surface area (Å²) in [5.74, 6) is 0.0600. The van der Waals surface area contributed by atoms with Crippen LogP contribution in [0.2, 0.25) is 0 Å². The lowest BCUT2D eigenvalue weighted by Gasteiger charge is -2.10. The molecule has 4 heteroatoms. The number of pyridine rings is 1. The van der Waals surface area contributed by atoms with Crippen LogP contribution in [0.25, 0.3) is 0 Å². The number of aromatic nitrogens is 1. The molecular formula is C11H13BrN2O. The van der Waals surface area contributed by atoms with Crippen LogP contribution in [0.1, 0.15) is 25.5 Å². The summed E-state index contributed by atoms with van der Waals surface area (Å²) in [6, 6.07) is 3.76. The van der Waals surface area contributed by atoms with Crippen molar-refractivity contribution < 1.29 is 4.79 Å². The third-order valence-corrected chi connectivity index (χ3v) is 3.04. The topological polar surface area (TPSA) is 42.0 Å². The molecule has 1 fully saturated rings. The van der Waals surface area contributed by atoms with Crippen LogP contribution in [0.15, 0.2) is 22.8 Å². The number of rotatable bonds is 3. The van der Waals surface area contributed by atoms with E-state index >= 15 is 0 Å². The fraction of sp³-hybridized carbons (Fsp3) is 0.455. The minimum Gasteiger partial charge on any atom is -0.351 e. The number of carbonyl (C=O) groups excluding carboxylic acids is 1. The molecule has 1 amide bonds. The predicted molar refractivity (Wildman–Crippen MR) is 61.4 cm³/mol. The molecular weight excluding hydrogens is 256 g/mol. The average Bonchev–Trinajstić information content (AvgIpc) is 2.87. The summed E-state index contributed by atoms with van der Waals surface area (Å²) in [5, 5.41) is 3.00. The van der Waals surface area contributed by atoms with Crippen molar-refractivity contribution in [2.24, 2.45) is 0 Å². The Morgan fingerprint density at radius 1 is 1.60 bits per heavy atom. The van der Waals surface area contributed by atoms with Gasteiger partial charge in [-0.3, -0.25) is 9.78 Å². The molecule has 1 aliphatic rings. The standard InChI is InChI=1S/C11H13BrN2O/c1-11(4-5-11)14-10(15)6-9-3-2-8(12)7-13-9/h2-3,7H,4-6H2,1H3,(H,14,15). The number of halogens is 1. The summed E-state index contributed by atoms with van der Waals surface area (Å²) in [4.78, 5) is 15.8. The highest BCUT2D eigenvalue weighted by molar-refractivity contribution is 9.10. The highest BCUT2D eigenvalue weighted by atomic mass is 79.9. The highest BCUT2D eigenvalue weighted by Gasteiger charge is 2.38. The van der Waals surface area contributed by atoms with Gasteiger partial charge >= 0.3 is 0 Å². The van der Waals surface area contributed by atoms with E-state index in [1.165, 1.54) is 0 Å². The van der Waals surface area contributed by atoms with E-state index in [2.05, 4.69) is 33.2 Å². The molecule has 0 atom stereocenters. The molecule has 0 bridgehead atoms. The maximum atomic E-state index is 11.6. The van der Waals surface area contributed by atoms with Crippen LogP contribution in [0.4, 0.5) is 0 Å². The molecule has 1 saturated carbocycles. The van der Waals surface area contributed by atoms with E-state index in [1.54, 1.807) is 6.20 Å². The minimum absolute atomic E-state index is 0.0600. The highest BCUT2D eigenvalue weighted by Crippen LogP contribution is 2.34. The number of hydrogen-bond donors (Lipinski definition) is 1. The normalized spacial score (nSPS) is 17.2. The Hall–Kier alpha value is -0.900. The number of amides is 1. The Labute approximate surface area is 97.4 Å². The van der Waals surface area contributed by atoms with Crippen LogP contribution in [0.5, 0.6) is 0 Å². The first-order valence-electron chi connectivity index (χ1n) is 4.99. The molecule has 1 aliphatic carbocycles. The van der Waals surface area contributed by atoms with E-state index in [4.69, 9.17) is 0 Å². The molecule has 1 N–H and O–H groups in total. The molecule has 0 aliphatic heterocycles. The van der Waals surface area contributed by atoms with Crippen molar-refractivity contribution in [3.63, 3.8) is 0 Å². The van der Waals surface area contributed by atoms with Gasteiger partial charge in [0.05, 0.1) is 6.42 Å². The van der Waals surface area contributed by atoms with Gasteiger partial charge in [-0.15, -0.1) is 0 Å². The molecule has 1 heterocycles. The second-order valence-electron chi connectivity index (χ2n) is 4.25. The summed E-state index contributed by atoms with van der Waals surface area (Å²) in [7, 11) is 0. The van der Waals surface area contributed by atoms with Crippen molar-refractivity contribution in [3.05, 3.63) is 28.5 Å². The zero-order valence-electron chi connectivity index (χ0n) is 8.59. The zero-order chi connectivity index (χ0) is 10.9. The molecule has 0 spiro atoms. The summed E-state index contributed by atoms with van der Waals surface area (Å²) < 4.78 is 0.931. The van der Waals surface area contributed by atoms with E-state index in [-0.39, 0.29) is 11.4 Å². The minimum atomic E-state index is 0.0600. The summed E-state index contributed by atoms with van der Waals surface area (Å²) >= 11 is 3.31. The number of nitrogens with one attached hydrogen (secondary N) is 1. The summed E-state index contributed by atoms with van der Waals surface area (Å²) in [5.41, 5.74) is 0.867. The first kappa shape index (κ1) is 10.6. The lowest BCUT2D eigenvalue weighted by Crippen LogP contribution is -2.35. The predicted octanol–water partition coefficient (Wildman–Crippen LogP) is 2.06. The average molecular weight is 269 g/mol. The van der Waals surface area contributed by atoms with Gasteiger partial charge in [0, 0.05) is 21.9 Å². The van der Waals surface area contributed by atoms with Crippen LogP contribution in [-0.2, 0) is 11.2 Å². The molecule has 1 aromatic heterocycles. The third-order valence-electron chi connectivity index (χ3n) is 2.57. The van der Waals surface area contributed by atoms with Crippen molar-refractivity contribution in [3.8, 4) is 0 Å². The number of hydrogen-bond acceptors (Lipinski definition) is 2. The van der Waals surface area contributed by atoms with E-state index < -0.39 is 0 Å². The molecule has 0 saturated heterocycles. The molecule has 1 aromatic rings. The maximum absolute atomic E-state index is 11.6. The van der Waals surface area contributed by atoms with Crippen molar-refractivity contribution in [2.75, 3.05) is 0 Å². The van der Waals surface area contributed by atoms with Crippen LogP contribution in [0, 0.1) is 0 Å². The van der Waals surface area contributed by atoms with E-state index in [0.717, 1.165) is 23.0 Å². The second kappa shape index (κ2) is 3.93. The van der Waals surface area contributed by atoms with E-state index in [0.29, 0.717) is 6.42 Å². The van der Waals surface area contributed by atoms with Crippen LogP contribution in [-0.4, -0.2) is 16.4 Å². The lowest BCUT2D eigenvalue weighted by molar-refractivity contribution is -0.121. The SMILES string of the molecule is CC1(NC(=O)Cc2ccc(Br)cn2)CC1. The van der Waals surface area contributed by atoms with E-state index in [9.17, 15) is 4.79 Å². The van der Waals surface area contributed by atoms with Crippen LogP contribution >= 0.6 is 15.9 Å². The molecule has 15 heavy (non-hydrogen) atoms. The lowest BCUT2D eigenvalue weighted by atomic mass is 10.2. The Kier molecular flexibility index (Phi) is 2.78. The Balaban J connectivity index is 1.91. The van der Waals surface area contributed by atoms with E-state index in [1.807, 2.05) is 12.1 Å². The molecule has 0 aromatic carbocycles. The fourth-order valence-corrected chi connectivity index (χ4v) is 1.60. The van der Waals surface area contributed by atoms with Gasteiger partial charge in [-0.1, -0.05) is 0 Å². The maximum Gasteiger partial charge on any atom is 0.226 e. The van der Waals surface area contributed by atoms with Gasteiger partial charge in [-0.2, -0.15) is 0 Å². The van der Waals surface area contributed by atoms with Gasteiger partial charge < -0.3 is 5.32 Å². The molecule has 0 unspecified atom stereocenters. The number of carbonyl (C=O) groups is 1. The summed E-state index contributed by atoms with van der Waals surface area (Å²) in [6.07, 6.45) is 4.25. The van der Waals surface area contributed by atoms with Gasteiger partial charge in [-0.25, -0.2) is 0 Å². The molecule has 80 valence electrons. The van der Waals surface area contributed by atoms with Crippen LogP contribution < -0.4 is 5.32 Å². The number of nitrogens with zero attached hydrogens (tertiary/aromatic N) is 1. The zero-order valence-corrected chi connectivity index (χ0v) is 10.2. The van der Waals surface area contributed by atoms with Crippen molar-refractivity contribution >= 4 is 21.8 Å². The van der Waals surface area contributed by atoms with Crippen molar-refractivity contribution in [2.45, 2.75) is 31.7 Å². The fourth-order valence-electron chi connectivity index (χ4n) is 1.37. The molecule has 3 nitrogen and oxygen atoms in total. The third kappa shape index (κ3) is 3.02. The Bertz CT molecular complexity index is 371. The quantitative estimate of drug-likeness (QED) is 0.912. The van der Waals surface area contributed by atoms with Gasteiger partial charge in [0.2, 0.25) is 5.91 Å². The van der Waals surface area contributed by atoms with Crippen LogP contribution in [0.3, 0.4) is 0 Å². The van der Waals surface area contributed by atoms with Gasteiger partial charge in [0.25, 0.3) is 0 Å². The largest absolute Gasteiger partial charge is 0.351 e. The Morgan fingerprint density at radius 2 is 2.33 bits per heavy atom. The molecule has 2 rings (SSSR count). The first-order valence-corrected chi connectivity index (χ1v) is 5.78. The Morgan fingerprint density at radius 3 is 2.87 bits per heavy atom. The monoisotopic (exact) mass is 268 g/mol. The van der Waals surface area contributed by atoms with Gasteiger partial charge in [0.1, 0.15) is 0 Å². The smallest absolute Gasteiger partial charge is 0.226 e. The van der Waals surface area contributed by atoms with Crippen molar-refractivity contribution in [1.82, 2.24) is 10.3 Å². The van der Waals surface area contributed by atoms with Gasteiger partial charge in [-0.05, 0) is 47.8 Å². The van der Waals surface area contributed by atoms with Crippen molar-refractivity contribution in [1.29, 1.82) is 0 Å². The summed E-state index contributed by atoms with van der Waals surface area (Å²) in [6.45, 7) is 2.07. The first-order chi connectivity index (χ1) is 7.07.